The van der Waals surface area contributed by atoms with Gasteiger partial charge in [0.2, 0.25) is 0 Å². The van der Waals surface area contributed by atoms with Crippen molar-refractivity contribution in [3.63, 3.8) is 0 Å². The summed E-state index contributed by atoms with van der Waals surface area (Å²) in [4.78, 5) is 11.8. The highest BCUT2D eigenvalue weighted by atomic mass is 16.5. The number of esters is 1. The quantitative estimate of drug-likeness (QED) is 0.587. The zero-order valence-corrected chi connectivity index (χ0v) is 10.1. The van der Waals surface area contributed by atoms with Crippen molar-refractivity contribution in [2.24, 2.45) is 7.05 Å². The lowest BCUT2D eigenvalue weighted by molar-refractivity contribution is 0.0733. The predicted octanol–water partition coefficient (Wildman–Crippen LogP) is 2.26. The minimum Gasteiger partial charge on any atom is -0.423 e. The summed E-state index contributed by atoms with van der Waals surface area (Å²) in [7, 11) is 1.76. The van der Waals surface area contributed by atoms with Gasteiger partial charge in [-0.1, -0.05) is 12.1 Å². The highest BCUT2D eigenvalue weighted by Crippen LogP contribution is 2.20. The summed E-state index contributed by atoms with van der Waals surface area (Å²) in [6, 6.07) is 5.77. The van der Waals surface area contributed by atoms with Gasteiger partial charge in [-0.05, 0) is 31.0 Å². The molecule has 1 aromatic carbocycles. The molecule has 0 atom stereocenters. The fourth-order valence-electron chi connectivity index (χ4n) is 1.50. The Morgan fingerprint density at radius 2 is 2.12 bits per heavy atom. The molecule has 0 N–H and O–H groups in total. The van der Waals surface area contributed by atoms with Crippen molar-refractivity contribution in [1.29, 1.82) is 0 Å². The van der Waals surface area contributed by atoms with Crippen LogP contribution in [0.2, 0.25) is 0 Å². The van der Waals surface area contributed by atoms with E-state index in [-0.39, 0.29) is 5.97 Å². The van der Waals surface area contributed by atoms with Gasteiger partial charge in [0.1, 0.15) is 5.75 Å². The van der Waals surface area contributed by atoms with Gasteiger partial charge in [-0.25, -0.2) is 4.79 Å². The van der Waals surface area contributed by atoms with Gasteiger partial charge in [0, 0.05) is 13.2 Å². The Hall–Kier alpha value is -2.10. The minimum atomic E-state index is -0.383. The molecule has 0 unspecified atom stereocenters. The molecule has 0 radical (unpaired) electrons. The van der Waals surface area contributed by atoms with Crippen LogP contribution in [0.25, 0.3) is 0 Å². The Morgan fingerprint density at radius 3 is 2.76 bits per heavy atom. The fourth-order valence-corrected chi connectivity index (χ4v) is 1.50. The monoisotopic (exact) mass is 230 g/mol. The van der Waals surface area contributed by atoms with Gasteiger partial charge in [-0.15, -0.1) is 0 Å². The summed E-state index contributed by atoms with van der Waals surface area (Å²) in [5.41, 5.74) is 2.45. The molecule has 0 amide bonds. The first-order valence-electron chi connectivity index (χ1n) is 5.34. The number of benzene rings is 1. The van der Waals surface area contributed by atoms with E-state index < -0.39 is 0 Å². The van der Waals surface area contributed by atoms with Crippen LogP contribution in [0.1, 0.15) is 21.5 Å². The van der Waals surface area contributed by atoms with Crippen LogP contribution in [0.5, 0.6) is 5.75 Å². The molecule has 0 saturated carbocycles. The van der Waals surface area contributed by atoms with Crippen LogP contribution in [0, 0.1) is 13.8 Å². The van der Waals surface area contributed by atoms with E-state index in [1.807, 2.05) is 32.0 Å². The molecule has 0 bridgehead atoms. The fraction of sp³-hybridized carbons (Fsp3) is 0.231. The van der Waals surface area contributed by atoms with E-state index >= 15 is 0 Å². The number of hydrogen-bond donors (Lipinski definition) is 0. The van der Waals surface area contributed by atoms with Crippen LogP contribution in [0.3, 0.4) is 0 Å². The van der Waals surface area contributed by atoms with Crippen molar-refractivity contribution in [2.45, 2.75) is 13.8 Å². The van der Waals surface area contributed by atoms with E-state index in [2.05, 4.69) is 5.10 Å². The molecule has 0 saturated heterocycles. The maximum absolute atomic E-state index is 11.8. The summed E-state index contributed by atoms with van der Waals surface area (Å²) >= 11 is 0. The van der Waals surface area contributed by atoms with Gasteiger partial charge >= 0.3 is 5.97 Å². The number of rotatable bonds is 2. The maximum atomic E-state index is 11.8. The van der Waals surface area contributed by atoms with Crippen LogP contribution in [0.4, 0.5) is 0 Å². The number of ether oxygens (including phenoxy) is 1. The normalized spacial score (nSPS) is 10.3. The molecule has 4 nitrogen and oxygen atoms in total. The molecule has 0 fully saturated rings. The third kappa shape index (κ3) is 2.53. The van der Waals surface area contributed by atoms with Crippen molar-refractivity contribution in [3.8, 4) is 5.75 Å². The molecular weight excluding hydrogens is 216 g/mol. The molecule has 2 aromatic rings. The molecule has 0 aliphatic carbocycles. The van der Waals surface area contributed by atoms with Gasteiger partial charge in [-0.2, -0.15) is 5.10 Å². The molecule has 0 aliphatic rings. The summed E-state index contributed by atoms with van der Waals surface area (Å²) in [6.07, 6.45) is 3.13. The summed E-state index contributed by atoms with van der Waals surface area (Å²) < 4.78 is 6.90. The predicted molar refractivity (Wildman–Crippen MR) is 64.1 cm³/mol. The maximum Gasteiger partial charge on any atom is 0.346 e. The van der Waals surface area contributed by atoms with E-state index in [4.69, 9.17) is 4.74 Å². The van der Waals surface area contributed by atoms with Gasteiger partial charge in [-0.3, -0.25) is 4.68 Å². The average Bonchev–Trinajstić information content (AvgIpc) is 2.70. The SMILES string of the molecule is Cc1ccc(C)c(OC(=O)c2cnn(C)c2)c1. The zero-order valence-electron chi connectivity index (χ0n) is 10.1. The van der Waals surface area contributed by atoms with Crippen LogP contribution < -0.4 is 4.74 Å². The van der Waals surface area contributed by atoms with Gasteiger partial charge in [0.25, 0.3) is 0 Å². The van der Waals surface area contributed by atoms with Gasteiger partial charge in [0.05, 0.1) is 11.8 Å². The number of aryl methyl sites for hydroxylation is 3. The van der Waals surface area contributed by atoms with Crippen molar-refractivity contribution < 1.29 is 9.53 Å². The lowest BCUT2D eigenvalue weighted by Crippen LogP contribution is -2.08. The lowest BCUT2D eigenvalue weighted by atomic mass is 10.1. The van der Waals surface area contributed by atoms with E-state index in [1.165, 1.54) is 6.20 Å². The second kappa shape index (κ2) is 4.41. The van der Waals surface area contributed by atoms with Crippen LogP contribution in [-0.2, 0) is 7.05 Å². The van der Waals surface area contributed by atoms with Crippen molar-refractivity contribution in [2.75, 3.05) is 0 Å². The van der Waals surface area contributed by atoms with Gasteiger partial charge in [0.15, 0.2) is 0 Å². The smallest absolute Gasteiger partial charge is 0.346 e. The molecule has 1 aromatic heterocycles. The van der Waals surface area contributed by atoms with Crippen molar-refractivity contribution in [3.05, 3.63) is 47.3 Å². The number of aromatic nitrogens is 2. The van der Waals surface area contributed by atoms with Crippen LogP contribution in [-0.4, -0.2) is 15.7 Å². The van der Waals surface area contributed by atoms with E-state index in [1.54, 1.807) is 17.9 Å². The van der Waals surface area contributed by atoms with Crippen LogP contribution >= 0.6 is 0 Å². The lowest BCUT2D eigenvalue weighted by Gasteiger charge is -2.06. The second-order valence-electron chi connectivity index (χ2n) is 4.06. The third-order valence-electron chi connectivity index (χ3n) is 2.49. The topological polar surface area (TPSA) is 44.1 Å². The number of hydrogen-bond acceptors (Lipinski definition) is 3. The third-order valence-corrected chi connectivity index (χ3v) is 2.49. The Labute approximate surface area is 99.8 Å². The number of nitrogens with zero attached hydrogens (tertiary/aromatic N) is 2. The minimum absolute atomic E-state index is 0.383. The first-order chi connectivity index (χ1) is 8.06. The first kappa shape index (κ1) is 11.4. The van der Waals surface area contributed by atoms with E-state index in [9.17, 15) is 4.79 Å². The highest BCUT2D eigenvalue weighted by Gasteiger charge is 2.11. The molecule has 0 aliphatic heterocycles. The van der Waals surface area contributed by atoms with Crippen LogP contribution in [0.15, 0.2) is 30.6 Å². The van der Waals surface area contributed by atoms with Crippen molar-refractivity contribution >= 4 is 5.97 Å². The largest absolute Gasteiger partial charge is 0.423 e. The number of carbonyl (C=O) groups is 1. The Bertz CT molecular complexity index is 558. The number of carbonyl (C=O) groups excluding carboxylic acids is 1. The molecular formula is C13H14N2O2. The second-order valence-corrected chi connectivity index (χ2v) is 4.06. The Morgan fingerprint density at radius 1 is 1.35 bits per heavy atom. The molecule has 17 heavy (non-hydrogen) atoms. The van der Waals surface area contributed by atoms with E-state index in [0.29, 0.717) is 11.3 Å². The molecule has 1 heterocycles. The Kier molecular flexibility index (Phi) is 2.95. The van der Waals surface area contributed by atoms with Gasteiger partial charge < -0.3 is 4.74 Å². The first-order valence-corrected chi connectivity index (χ1v) is 5.34. The summed E-state index contributed by atoms with van der Waals surface area (Å²) in [5, 5.41) is 3.94. The molecule has 2 rings (SSSR count). The Balaban J connectivity index is 2.21. The van der Waals surface area contributed by atoms with Crippen molar-refractivity contribution in [1.82, 2.24) is 9.78 Å². The molecule has 4 heteroatoms. The summed E-state index contributed by atoms with van der Waals surface area (Å²) in [5.74, 6) is 0.214. The highest BCUT2D eigenvalue weighted by molar-refractivity contribution is 5.90. The van der Waals surface area contributed by atoms with E-state index in [0.717, 1.165) is 11.1 Å². The zero-order chi connectivity index (χ0) is 12.4. The average molecular weight is 230 g/mol. The summed E-state index contributed by atoms with van der Waals surface area (Å²) in [6.45, 7) is 3.87. The molecule has 88 valence electrons. The molecule has 0 spiro atoms. The standard InChI is InChI=1S/C13H14N2O2/c1-9-4-5-10(2)12(6-9)17-13(16)11-7-14-15(3)8-11/h4-8H,1-3H3.